The van der Waals surface area contributed by atoms with E-state index in [1.807, 2.05) is 6.07 Å². The molecule has 1 atom stereocenters. The first kappa shape index (κ1) is 33.1. The fourth-order valence-corrected chi connectivity index (χ4v) is 5.60. The van der Waals surface area contributed by atoms with E-state index in [2.05, 4.69) is 4.98 Å². The number of hydrogen-bond donors (Lipinski definition) is 1. The Labute approximate surface area is 255 Å². The number of benzene rings is 2. The van der Waals surface area contributed by atoms with Crippen molar-refractivity contribution in [3.05, 3.63) is 99.5 Å². The maximum atomic E-state index is 13.9. The molecular formula is C30H28F4N5O5S+. The van der Waals surface area contributed by atoms with Crippen molar-refractivity contribution in [2.75, 3.05) is 12.3 Å². The lowest BCUT2D eigenvalue weighted by Gasteiger charge is -2.29. The van der Waals surface area contributed by atoms with E-state index < -0.39 is 68.9 Å². The second-order valence-electron chi connectivity index (χ2n) is 10.5. The van der Waals surface area contributed by atoms with Gasteiger partial charge in [-0.25, -0.2) is 17.4 Å². The van der Waals surface area contributed by atoms with E-state index in [0.717, 1.165) is 15.5 Å². The van der Waals surface area contributed by atoms with Gasteiger partial charge in [-0.2, -0.15) is 18.4 Å². The predicted molar refractivity (Wildman–Crippen MR) is 154 cm³/mol. The molecule has 0 radical (unpaired) electrons. The van der Waals surface area contributed by atoms with E-state index in [-0.39, 0.29) is 33.7 Å². The van der Waals surface area contributed by atoms with E-state index >= 15 is 0 Å². The number of pyridine rings is 1. The molecule has 0 bridgehead atoms. The molecule has 10 nitrogen and oxygen atoms in total. The summed E-state index contributed by atoms with van der Waals surface area (Å²) in [5.41, 5.74) is -2.05. The van der Waals surface area contributed by atoms with Gasteiger partial charge >= 0.3 is 11.8 Å². The molecule has 4 rings (SSSR count). The lowest BCUT2D eigenvalue weighted by atomic mass is 10.1. The monoisotopic (exact) mass is 646 g/mol. The minimum atomic E-state index is -5.02. The third-order valence-electron chi connectivity index (χ3n) is 7.27. The predicted octanol–water partition coefficient (Wildman–Crippen LogP) is 3.90. The number of aromatic nitrogens is 3. The highest BCUT2D eigenvalue weighted by Crippen LogP contribution is 2.32. The molecule has 1 amide bonds. The summed E-state index contributed by atoms with van der Waals surface area (Å²) >= 11 is 0. The lowest BCUT2D eigenvalue weighted by molar-refractivity contribution is -0.886. The normalized spacial score (nSPS) is 12.7. The Hall–Kier alpha value is -4.84. The Morgan fingerprint density at radius 1 is 1.13 bits per heavy atom. The first-order valence-electron chi connectivity index (χ1n) is 13.6. The molecule has 0 spiro atoms. The molecule has 0 unspecified atom stereocenters. The van der Waals surface area contributed by atoms with Crippen LogP contribution in [0.5, 0.6) is 0 Å². The van der Waals surface area contributed by atoms with Crippen molar-refractivity contribution in [2.45, 2.75) is 44.7 Å². The molecule has 0 fully saturated rings. The number of amides is 1. The zero-order chi connectivity index (χ0) is 33.3. The van der Waals surface area contributed by atoms with Crippen LogP contribution in [-0.4, -0.2) is 51.5 Å². The number of hydrogen-bond acceptors (Lipinski definition) is 7. The zero-order valence-corrected chi connectivity index (χ0v) is 25.1. The molecule has 2 aromatic heterocycles. The molecule has 2 aromatic carbocycles. The highest BCUT2D eigenvalue weighted by atomic mass is 32.2. The van der Waals surface area contributed by atoms with Gasteiger partial charge in [0.15, 0.2) is 9.84 Å². The highest BCUT2D eigenvalue weighted by molar-refractivity contribution is 7.92. The number of nitrogens with zero attached hydrogens (tertiary/aromatic N) is 5. The third-order valence-corrected chi connectivity index (χ3v) is 9.46. The highest BCUT2D eigenvalue weighted by Gasteiger charge is 2.36. The van der Waals surface area contributed by atoms with E-state index in [9.17, 15) is 46.0 Å². The Morgan fingerprint density at radius 3 is 2.40 bits per heavy atom. The lowest BCUT2D eigenvalue weighted by Crippen LogP contribution is -2.42. The van der Waals surface area contributed by atoms with Gasteiger partial charge < -0.3 is 10.1 Å². The summed E-state index contributed by atoms with van der Waals surface area (Å²) < 4.78 is 81.3. The number of nitriles is 1. The maximum Gasteiger partial charge on any atom is 0.419 e. The van der Waals surface area contributed by atoms with Crippen LogP contribution in [0.25, 0.3) is 16.7 Å². The van der Waals surface area contributed by atoms with Crippen molar-refractivity contribution in [3.63, 3.8) is 0 Å². The molecule has 15 heteroatoms. The quantitative estimate of drug-likeness (QED) is 0.166. The molecule has 45 heavy (non-hydrogen) atoms. The number of carbonyl (C=O) groups is 1. The fourth-order valence-electron chi connectivity index (χ4n) is 4.68. The average molecular weight is 647 g/mol. The number of halogens is 4. The van der Waals surface area contributed by atoms with Crippen LogP contribution >= 0.6 is 0 Å². The molecule has 2 heterocycles. The van der Waals surface area contributed by atoms with Crippen molar-refractivity contribution < 1.29 is 40.7 Å². The summed E-state index contributed by atoms with van der Waals surface area (Å²) in [5.74, 6) is -2.98. The van der Waals surface area contributed by atoms with Gasteiger partial charge in [0.25, 0.3) is 11.4 Å². The fraction of sp³-hybridized carbons (Fsp3) is 0.300. The maximum absolute atomic E-state index is 13.9. The van der Waals surface area contributed by atoms with Gasteiger partial charge in [0.05, 0.1) is 40.3 Å². The van der Waals surface area contributed by atoms with Gasteiger partial charge in [0.1, 0.15) is 23.4 Å². The Morgan fingerprint density at radius 2 is 1.80 bits per heavy atom. The summed E-state index contributed by atoms with van der Waals surface area (Å²) in [6.45, 7) is 3.93. The van der Waals surface area contributed by atoms with Crippen LogP contribution in [0, 0.1) is 17.1 Å². The summed E-state index contributed by atoms with van der Waals surface area (Å²) in [6.07, 6.45) is -4.46. The molecule has 0 aliphatic carbocycles. The number of fused-ring (bicyclic) bond motifs is 1. The molecule has 0 aliphatic heterocycles. The van der Waals surface area contributed by atoms with Crippen LogP contribution in [0.3, 0.4) is 0 Å². The van der Waals surface area contributed by atoms with Crippen LogP contribution in [0.1, 0.15) is 49.3 Å². The minimum absolute atomic E-state index is 0.00781. The number of alkyl halides is 3. The topological polar surface area (TPSA) is 137 Å². The van der Waals surface area contributed by atoms with Gasteiger partial charge in [0.2, 0.25) is 5.91 Å². The Kier molecular flexibility index (Phi) is 9.29. The number of sulfone groups is 1. The van der Waals surface area contributed by atoms with Crippen molar-refractivity contribution in [3.8, 4) is 11.8 Å². The van der Waals surface area contributed by atoms with Crippen LogP contribution < -0.4 is 10.3 Å². The zero-order valence-electron chi connectivity index (χ0n) is 24.3. The Balaban J connectivity index is 1.88. The first-order chi connectivity index (χ1) is 21.0. The van der Waals surface area contributed by atoms with E-state index in [4.69, 9.17) is 0 Å². The summed E-state index contributed by atoms with van der Waals surface area (Å²) in [4.78, 5) is 33.1. The number of carbonyl (C=O) groups excluding carboxylic acids is 1. The van der Waals surface area contributed by atoms with Crippen molar-refractivity contribution in [1.29, 1.82) is 5.26 Å². The second kappa shape index (κ2) is 12.6. The van der Waals surface area contributed by atoms with Crippen LogP contribution in [0.15, 0.2) is 65.6 Å². The summed E-state index contributed by atoms with van der Waals surface area (Å²) in [6, 6.07) is 11.5. The molecule has 0 saturated heterocycles. The largest absolute Gasteiger partial charge is 0.419 e. The smallest absolute Gasteiger partial charge is 0.350 e. The van der Waals surface area contributed by atoms with Gasteiger partial charge in [-0.05, 0) is 84.6 Å². The van der Waals surface area contributed by atoms with E-state index in [0.29, 0.717) is 16.9 Å². The summed E-state index contributed by atoms with van der Waals surface area (Å²) in [5, 5.41) is 18.9. The van der Waals surface area contributed by atoms with Crippen molar-refractivity contribution >= 4 is 26.8 Å². The van der Waals surface area contributed by atoms with Crippen LogP contribution in [-0.2, 0) is 27.2 Å². The molecule has 1 N–H and O–H groups in total. The third kappa shape index (κ3) is 6.96. The molecule has 0 aliphatic rings. The standard InChI is InChI=1S/C30H28F4N5O5S/c1-18(2)45(43,44)14-13-37(26(40)16-21-8-11-25(31)24(15-21)30(32,33)34)19(3)27-36-28-23(5-4-12-38(28)42)29(41)39(27)22-9-6-20(17-35)7-10-22/h4-12,15,18-19,42H,13-14,16H2,1-3H3/q+1/t19-/m1/s1. The van der Waals surface area contributed by atoms with Crippen molar-refractivity contribution in [1.82, 2.24) is 14.5 Å². The second-order valence-corrected chi connectivity index (χ2v) is 13.2. The van der Waals surface area contributed by atoms with E-state index in [1.54, 1.807) is 0 Å². The van der Waals surface area contributed by atoms with Gasteiger partial charge in [-0.1, -0.05) is 6.07 Å². The minimum Gasteiger partial charge on any atom is -0.350 e. The van der Waals surface area contributed by atoms with Gasteiger partial charge in [-0.15, -0.1) is 0 Å². The number of rotatable bonds is 9. The summed E-state index contributed by atoms with van der Waals surface area (Å²) in [7, 11) is -3.72. The molecular weight excluding hydrogens is 618 g/mol. The van der Waals surface area contributed by atoms with E-state index in [1.165, 1.54) is 63.4 Å². The van der Waals surface area contributed by atoms with Gasteiger partial charge in [-0.3, -0.25) is 9.59 Å². The van der Waals surface area contributed by atoms with Crippen LogP contribution in [0.4, 0.5) is 17.6 Å². The first-order valence-corrected chi connectivity index (χ1v) is 15.3. The molecule has 4 aromatic rings. The van der Waals surface area contributed by atoms with Crippen molar-refractivity contribution in [2.24, 2.45) is 0 Å². The molecule has 0 saturated carbocycles. The SMILES string of the molecule is CC(C)S(=O)(=O)CCN(C(=O)Cc1ccc(F)c(C(F)(F)F)c1)[C@H](C)c1nc2c(ccc[n+]2O)c(=O)n1-c1ccc(C#N)cc1. The van der Waals surface area contributed by atoms with Crippen LogP contribution in [0.2, 0.25) is 0 Å². The van der Waals surface area contributed by atoms with Gasteiger partial charge in [0, 0.05) is 6.54 Å². The Bertz CT molecular complexity index is 1970. The molecule has 236 valence electrons. The average Bonchev–Trinajstić information content (AvgIpc) is 2.98.